The van der Waals surface area contributed by atoms with Crippen LogP contribution in [0.1, 0.15) is 24.0 Å². The van der Waals surface area contributed by atoms with Crippen LogP contribution in [0.2, 0.25) is 0 Å². The van der Waals surface area contributed by atoms with Crippen molar-refractivity contribution in [1.82, 2.24) is 0 Å². The second-order valence-corrected chi connectivity index (χ2v) is 5.86. The maximum atomic E-state index is 12.6. The Balaban J connectivity index is 1.73. The highest BCUT2D eigenvalue weighted by Crippen LogP contribution is 2.35. The average molecular weight is 326 g/mol. The van der Waals surface area contributed by atoms with Gasteiger partial charge in [0.05, 0.1) is 10.6 Å². The number of phenolic OH excluding ortho intramolecular Hbond substituents is 1. The molecule has 0 bridgehead atoms. The van der Waals surface area contributed by atoms with Gasteiger partial charge in [0.15, 0.2) is 0 Å². The maximum Gasteiger partial charge on any atom is 0.269 e. The van der Waals surface area contributed by atoms with Crippen LogP contribution < -0.4 is 4.90 Å². The molecular weight excluding hydrogens is 308 g/mol. The van der Waals surface area contributed by atoms with E-state index in [4.69, 9.17) is 0 Å². The number of phenols is 1. The number of hydrogen-bond acceptors (Lipinski definition) is 4. The van der Waals surface area contributed by atoms with E-state index >= 15 is 0 Å². The first kappa shape index (κ1) is 16.0. The number of nitrogens with zero attached hydrogens (tertiary/aromatic N) is 2. The Morgan fingerprint density at radius 3 is 2.83 bits per heavy atom. The highest BCUT2D eigenvalue weighted by Gasteiger charge is 2.25. The molecule has 1 aliphatic heterocycles. The van der Waals surface area contributed by atoms with E-state index in [0.29, 0.717) is 18.7 Å². The minimum Gasteiger partial charge on any atom is -0.506 e. The molecule has 1 heterocycles. The molecule has 1 aliphatic rings. The van der Waals surface area contributed by atoms with E-state index in [1.165, 1.54) is 12.1 Å². The third-order valence-corrected chi connectivity index (χ3v) is 4.25. The summed E-state index contributed by atoms with van der Waals surface area (Å²) < 4.78 is 0. The van der Waals surface area contributed by atoms with Gasteiger partial charge in [0.1, 0.15) is 5.75 Å². The number of carbonyl (C=O) groups excluding carboxylic acids is 1. The van der Waals surface area contributed by atoms with E-state index in [9.17, 15) is 20.0 Å². The van der Waals surface area contributed by atoms with Crippen LogP contribution in [0.15, 0.2) is 42.5 Å². The Kier molecular flexibility index (Phi) is 4.46. The van der Waals surface area contributed by atoms with Gasteiger partial charge in [-0.15, -0.1) is 0 Å². The summed E-state index contributed by atoms with van der Waals surface area (Å²) >= 11 is 0. The summed E-state index contributed by atoms with van der Waals surface area (Å²) in [6, 6.07) is 11.6. The van der Waals surface area contributed by atoms with Crippen molar-refractivity contribution in [2.24, 2.45) is 0 Å². The van der Waals surface area contributed by atoms with Gasteiger partial charge in [-0.1, -0.05) is 24.3 Å². The molecule has 1 amide bonds. The molecule has 0 radical (unpaired) electrons. The van der Waals surface area contributed by atoms with Gasteiger partial charge in [-0.25, -0.2) is 0 Å². The summed E-state index contributed by atoms with van der Waals surface area (Å²) in [5, 5.41) is 20.9. The number of rotatable bonds is 4. The number of hydrogen-bond donors (Lipinski definition) is 1. The molecule has 124 valence electrons. The lowest BCUT2D eigenvalue weighted by Crippen LogP contribution is -2.35. The predicted molar refractivity (Wildman–Crippen MR) is 90.2 cm³/mol. The van der Waals surface area contributed by atoms with E-state index in [0.717, 1.165) is 24.0 Å². The minimum atomic E-state index is -0.440. The lowest BCUT2D eigenvalue weighted by atomic mass is 10.00. The molecule has 0 saturated heterocycles. The number of carbonyl (C=O) groups is 1. The summed E-state index contributed by atoms with van der Waals surface area (Å²) in [5.41, 5.74) is 2.37. The summed E-state index contributed by atoms with van der Waals surface area (Å²) in [4.78, 5) is 24.6. The van der Waals surface area contributed by atoms with Crippen molar-refractivity contribution in [3.63, 3.8) is 0 Å². The summed E-state index contributed by atoms with van der Waals surface area (Å²) in [6.45, 7) is 0.582. The highest BCUT2D eigenvalue weighted by molar-refractivity contribution is 5.96. The summed E-state index contributed by atoms with van der Waals surface area (Å²) in [5.74, 6) is 0.0415. The third-order valence-electron chi connectivity index (χ3n) is 4.25. The monoisotopic (exact) mass is 326 g/mol. The number of anilines is 1. The van der Waals surface area contributed by atoms with Crippen molar-refractivity contribution in [2.75, 3.05) is 11.4 Å². The lowest BCUT2D eigenvalue weighted by Gasteiger charge is -2.30. The van der Waals surface area contributed by atoms with E-state index in [1.54, 1.807) is 29.2 Å². The van der Waals surface area contributed by atoms with Crippen LogP contribution in [0.25, 0.3) is 0 Å². The second-order valence-electron chi connectivity index (χ2n) is 5.86. The molecule has 6 heteroatoms. The van der Waals surface area contributed by atoms with Crippen molar-refractivity contribution in [2.45, 2.75) is 25.7 Å². The SMILES string of the molecule is O=C(CCc1cccc([N+](=O)[O-])c1)N1CCCc2cccc(O)c21. The minimum absolute atomic E-state index is 0.0286. The van der Waals surface area contributed by atoms with Crippen molar-refractivity contribution >= 4 is 17.3 Å². The molecule has 24 heavy (non-hydrogen) atoms. The van der Waals surface area contributed by atoms with Crippen molar-refractivity contribution in [3.8, 4) is 5.75 Å². The molecule has 0 spiro atoms. The van der Waals surface area contributed by atoms with E-state index in [1.807, 2.05) is 6.07 Å². The van der Waals surface area contributed by atoms with Crippen LogP contribution >= 0.6 is 0 Å². The van der Waals surface area contributed by atoms with Gasteiger partial charge in [0, 0.05) is 25.1 Å². The first-order valence-electron chi connectivity index (χ1n) is 7.91. The molecule has 6 nitrogen and oxygen atoms in total. The number of nitro benzene ring substituents is 1. The fourth-order valence-electron chi connectivity index (χ4n) is 3.09. The first-order chi connectivity index (χ1) is 11.6. The largest absolute Gasteiger partial charge is 0.506 e. The van der Waals surface area contributed by atoms with Gasteiger partial charge in [-0.05, 0) is 36.5 Å². The molecule has 3 rings (SSSR count). The average Bonchev–Trinajstić information content (AvgIpc) is 2.59. The molecule has 2 aromatic carbocycles. The van der Waals surface area contributed by atoms with E-state index < -0.39 is 4.92 Å². The van der Waals surface area contributed by atoms with Gasteiger partial charge in [0.2, 0.25) is 5.91 Å². The van der Waals surface area contributed by atoms with E-state index in [2.05, 4.69) is 0 Å². The fraction of sp³-hybridized carbons (Fsp3) is 0.278. The van der Waals surface area contributed by atoms with Gasteiger partial charge in [-0.2, -0.15) is 0 Å². The normalized spacial score (nSPS) is 13.4. The number of aryl methyl sites for hydroxylation is 2. The van der Waals surface area contributed by atoms with Crippen LogP contribution in [-0.2, 0) is 17.6 Å². The number of aromatic hydroxyl groups is 1. The molecule has 0 atom stereocenters. The molecule has 0 aromatic heterocycles. The fourth-order valence-corrected chi connectivity index (χ4v) is 3.09. The number of benzene rings is 2. The number of nitro groups is 1. The Morgan fingerprint density at radius 2 is 2.04 bits per heavy atom. The summed E-state index contributed by atoms with van der Waals surface area (Å²) in [7, 11) is 0. The zero-order valence-corrected chi connectivity index (χ0v) is 13.1. The van der Waals surface area contributed by atoms with Crippen LogP contribution in [0, 0.1) is 10.1 Å². The van der Waals surface area contributed by atoms with Crippen molar-refractivity contribution in [1.29, 1.82) is 0 Å². The van der Waals surface area contributed by atoms with Crippen LogP contribution in [-0.4, -0.2) is 22.5 Å². The van der Waals surface area contributed by atoms with E-state index in [-0.39, 0.29) is 23.8 Å². The Hall–Kier alpha value is -2.89. The second kappa shape index (κ2) is 6.70. The number of fused-ring (bicyclic) bond motifs is 1. The Morgan fingerprint density at radius 1 is 1.25 bits per heavy atom. The molecule has 1 N–H and O–H groups in total. The quantitative estimate of drug-likeness (QED) is 0.690. The zero-order valence-electron chi connectivity index (χ0n) is 13.1. The maximum absolute atomic E-state index is 12.6. The summed E-state index contributed by atoms with van der Waals surface area (Å²) in [6.07, 6.45) is 2.38. The van der Waals surface area contributed by atoms with Gasteiger partial charge >= 0.3 is 0 Å². The smallest absolute Gasteiger partial charge is 0.269 e. The Bertz CT molecular complexity index is 788. The van der Waals surface area contributed by atoms with Crippen LogP contribution in [0.4, 0.5) is 11.4 Å². The molecule has 0 unspecified atom stereocenters. The number of non-ortho nitro benzene ring substituents is 1. The van der Waals surface area contributed by atoms with Gasteiger partial charge < -0.3 is 10.0 Å². The zero-order chi connectivity index (χ0) is 17.1. The molecule has 0 aliphatic carbocycles. The van der Waals surface area contributed by atoms with Crippen LogP contribution in [0.3, 0.4) is 0 Å². The number of amides is 1. The Labute approximate surface area is 139 Å². The van der Waals surface area contributed by atoms with Crippen molar-refractivity contribution in [3.05, 3.63) is 63.7 Å². The molecular formula is C18H18N2O4. The lowest BCUT2D eigenvalue weighted by molar-refractivity contribution is -0.384. The first-order valence-corrected chi connectivity index (χ1v) is 7.91. The van der Waals surface area contributed by atoms with Gasteiger partial charge in [0.25, 0.3) is 5.69 Å². The molecule has 2 aromatic rings. The van der Waals surface area contributed by atoms with Crippen LogP contribution in [0.5, 0.6) is 5.75 Å². The number of para-hydroxylation sites is 1. The molecule has 0 fully saturated rings. The predicted octanol–water partition coefficient (Wildman–Crippen LogP) is 3.21. The standard InChI is InChI=1S/C18H18N2O4/c21-16-8-2-5-14-6-3-11-19(18(14)16)17(22)10-9-13-4-1-7-15(12-13)20(23)24/h1-2,4-5,7-8,12,21H,3,6,9-11H2. The topological polar surface area (TPSA) is 83.7 Å². The van der Waals surface area contributed by atoms with Gasteiger partial charge in [-0.3, -0.25) is 14.9 Å². The van der Waals surface area contributed by atoms with Crippen molar-refractivity contribution < 1.29 is 14.8 Å². The third kappa shape index (κ3) is 3.22. The highest BCUT2D eigenvalue weighted by atomic mass is 16.6. The molecule has 0 saturated carbocycles.